The van der Waals surface area contributed by atoms with E-state index in [1.54, 1.807) is 13.0 Å². The number of aliphatic carboxylic acids is 1. The van der Waals surface area contributed by atoms with E-state index < -0.39 is 10.9 Å². The highest BCUT2D eigenvalue weighted by molar-refractivity contribution is 5.71. The van der Waals surface area contributed by atoms with Gasteiger partial charge in [0.1, 0.15) is 11.6 Å². The van der Waals surface area contributed by atoms with Gasteiger partial charge in [-0.15, -0.1) is 0 Å². The number of hydrogen-bond acceptors (Lipinski definition) is 4. The fraction of sp³-hybridized carbons (Fsp3) is 0.273. The lowest BCUT2D eigenvalue weighted by Crippen LogP contribution is -2.04. The zero-order chi connectivity index (χ0) is 13.0. The number of carboxylic acid groups (broad SMARTS) is 1. The Labute approximate surface area is 97.3 Å². The maximum Gasteiger partial charge on any atom is 0.307 e. The lowest BCUT2D eigenvalue weighted by Gasteiger charge is -2.05. The van der Waals surface area contributed by atoms with Gasteiger partial charge in [0.15, 0.2) is 0 Å². The molecule has 0 radical (unpaired) electrons. The van der Waals surface area contributed by atoms with Crippen LogP contribution in [0.15, 0.2) is 12.1 Å². The lowest BCUT2D eigenvalue weighted by molar-refractivity contribution is -0.385. The van der Waals surface area contributed by atoms with E-state index in [1.807, 2.05) is 0 Å². The van der Waals surface area contributed by atoms with Crippen LogP contribution in [-0.2, 0) is 17.6 Å². The van der Waals surface area contributed by atoms with Gasteiger partial charge in [-0.1, -0.05) is 6.92 Å². The van der Waals surface area contributed by atoms with Crippen molar-refractivity contribution in [1.29, 1.82) is 5.26 Å². The Hall–Kier alpha value is -2.42. The molecule has 0 spiro atoms. The molecule has 1 rings (SSSR count). The van der Waals surface area contributed by atoms with Crippen molar-refractivity contribution in [2.24, 2.45) is 0 Å². The molecule has 0 saturated carbocycles. The van der Waals surface area contributed by atoms with E-state index >= 15 is 0 Å². The zero-order valence-corrected chi connectivity index (χ0v) is 9.14. The van der Waals surface area contributed by atoms with Crippen molar-refractivity contribution >= 4 is 11.7 Å². The summed E-state index contributed by atoms with van der Waals surface area (Å²) in [6.45, 7) is 1.72. The molecule has 17 heavy (non-hydrogen) atoms. The van der Waals surface area contributed by atoms with Crippen LogP contribution in [0.5, 0.6) is 0 Å². The van der Waals surface area contributed by atoms with Crippen LogP contribution in [0.4, 0.5) is 5.69 Å². The van der Waals surface area contributed by atoms with Crippen molar-refractivity contribution in [2.45, 2.75) is 19.8 Å². The summed E-state index contributed by atoms with van der Waals surface area (Å²) in [5, 5.41) is 28.3. The summed E-state index contributed by atoms with van der Waals surface area (Å²) in [5.74, 6) is -1.04. The average Bonchev–Trinajstić information content (AvgIpc) is 2.26. The van der Waals surface area contributed by atoms with Gasteiger partial charge in [0.2, 0.25) is 0 Å². The first-order valence-electron chi connectivity index (χ1n) is 4.91. The highest BCUT2D eigenvalue weighted by Crippen LogP contribution is 2.26. The summed E-state index contributed by atoms with van der Waals surface area (Å²) in [5.41, 5.74) is 0.455. The minimum Gasteiger partial charge on any atom is -0.481 e. The third-order valence-corrected chi connectivity index (χ3v) is 2.29. The van der Waals surface area contributed by atoms with Gasteiger partial charge in [-0.2, -0.15) is 5.26 Å². The zero-order valence-electron chi connectivity index (χ0n) is 9.14. The van der Waals surface area contributed by atoms with Crippen molar-refractivity contribution in [2.75, 3.05) is 0 Å². The van der Waals surface area contributed by atoms with Crippen molar-refractivity contribution in [3.8, 4) is 6.07 Å². The fourth-order valence-corrected chi connectivity index (χ4v) is 1.61. The normalized spacial score (nSPS) is 9.65. The van der Waals surface area contributed by atoms with Crippen LogP contribution in [0, 0.1) is 21.4 Å². The van der Waals surface area contributed by atoms with Crippen molar-refractivity contribution in [3.63, 3.8) is 0 Å². The average molecular weight is 234 g/mol. The molecule has 1 aromatic rings. The second-order valence-corrected chi connectivity index (χ2v) is 3.44. The molecule has 0 heterocycles. The predicted octanol–water partition coefficient (Wildman–Crippen LogP) is 1.66. The first-order valence-corrected chi connectivity index (χ1v) is 4.91. The van der Waals surface area contributed by atoms with Crippen LogP contribution in [0.1, 0.15) is 23.6 Å². The van der Waals surface area contributed by atoms with Gasteiger partial charge in [-0.05, 0) is 24.1 Å². The van der Waals surface area contributed by atoms with Crippen molar-refractivity contribution in [3.05, 3.63) is 38.9 Å². The maximum atomic E-state index is 10.8. The summed E-state index contributed by atoms with van der Waals surface area (Å²) in [7, 11) is 0. The molecular weight excluding hydrogens is 224 g/mol. The predicted molar refractivity (Wildman–Crippen MR) is 58.5 cm³/mol. The van der Waals surface area contributed by atoms with Crippen LogP contribution in [-0.4, -0.2) is 16.0 Å². The monoisotopic (exact) mass is 234 g/mol. The Balaban J connectivity index is 3.40. The highest BCUT2D eigenvalue weighted by atomic mass is 16.6. The van der Waals surface area contributed by atoms with Gasteiger partial charge < -0.3 is 5.11 Å². The summed E-state index contributed by atoms with van der Waals surface area (Å²) in [4.78, 5) is 20.8. The number of aryl methyl sites for hydroxylation is 1. The van der Waals surface area contributed by atoms with Crippen LogP contribution < -0.4 is 0 Å². The van der Waals surface area contributed by atoms with Gasteiger partial charge in [0.05, 0.1) is 11.3 Å². The number of carbonyl (C=O) groups is 1. The smallest absolute Gasteiger partial charge is 0.307 e. The molecule has 0 fully saturated rings. The maximum absolute atomic E-state index is 10.8. The number of nitro benzene ring substituents is 1. The van der Waals surface area contributed by atoms with E-state index in [1.165, 1.54) is 12.1 Å². The molecule has 0 unspecified atom stereocenters. The second-order valence-electron chi connectivity index (χ2n) is 3.44. The topological polar surface area (TPSA) is 104 Å². The van der Waals surface area contributed by atoms with Crippen molar-refractivity contribution in [1.82, 2.24) is 0 Å². The molecule has 88 valence electrons. The third kappa shape index (κ3) is 2.78. The Morgan fingerprint density at radius 3 is 2.65 bits per heavy atom. The van der Waals surface area contributed by atoms with Gasteiger partial charge in [0.25, 0.3) is 5.69 Å². The van der Waals surface area contributed by atoms with E-state index in [0.717, 1.165) is 0 Å². The quantitative estimate of drug-likeness (QED) is 0.630. The molecule has 1 N–H and O–H groups in total. The van der Waals surface area contributed by atoms with Gasteiger partial charge >= 0.3 is 5.97 Å². The van der Waals surface area contributed by atoms with Gasteiger partial charge in [0, 0.05) is 5.56 Å². The number of rotatable bonds is 4. The second kappa shape index (κ2) is 5.07. The van der Waals surface area contributed by atoms with E-state index in [2.05, 4.69) is 0 Å². The number of nitro groups is 1. The van der Waals surface area contributed by atoms with E-state index in [9.17, 15) is 14.9 Å². The van der Waals surface area contributed by atoms with Crippen LogP contribution in [0.3, 0.4) is 0 Å². The minimum absolute atomic E-state index is 0.0920. The first-order chi connectivity index (χ1) is 7.99. The molecule has 0 aromatic heterocycles. The first kappa shape index (κ1) is 12.6. The number of nitrogens with zero attached hydrogens (tertiary/aromatic N) is 2. The molecule has 1 aromatic carbocycles. The van der Waals surface area contributed by atoms with Gasteiger partial charge in [-0.25, -0.2) is 0 Å². The fourth-order valence-electron chi connectivity index (χ4n) is 1.61. The number of carboxylic acids is 1. The molecule has 0 atom stereocenters. The standard InChI is InChI=1S/C11H10N2O4/c1-2-8-3-7(5-10(14)15)4-9(6-12)11(8)13(16)17/h3-4H,2,5H2,1H3,(H,14,15). The Morgan fingerprint density at radius 2 is 2.24 bits per heavy atom. The lowest BCUT2D eigenvalue weighted by atomic mass is 10.00. The largest absolute Gasteiger partial charge is 0.481 e. The SMILES string of the molecule is CCc1cc(CC(=O)O)cc(C#N)c1[N+](=O)[O-]. The summed E-state index contributed by atoms with van der Waals surface area (Å²) < 4.78 is 0. The van der Waals surface area contributed by atoms with E-state index in [0.29, 0.717) is 17.5 Å². The van der Waals surface area contributed by atoms with E-state index in [4.69, 9.17) is 10.4 Å². The molecule has 0 bridgehead atoms. The summed E-state index contributed by atoms with van der Waals surface area (Å²) in [6, 6.07) is 4.45. The van der Waals surface area contributed by atoms with Crippen LogP contribution >= 0.6 is 0 Å². The van der Waals surface area contributed by atoms with Crippen molar-refractivity contribution < 1.29 is 14.8 Å². The number of nitriles is 1. The van der Waals surface area contributed by atoms with Gasteiger partial charge in [-0.3, -0.25) is 14.9 Å². The molecule has 0 aliphatic rings. The number of benzene rings is 1. The number of hydrogen-bond donors (Lipinski definition) is 1. The molecule has 6 nitrogen and oxygen atoms in total. The summed E-state index contributed by atoms with van der Waals surface area (Å²) >= 11 is 0. The van der Waals surface area contributed by atoms with Crippen LogP contribution in [0.25, 0.3) is 0 Å². The molecular formula is C11H10N2O4. The van der Waals surface area contributed by atoms with Crippen LogP contribution in [0.2, 0.25) is 0 Å². The molecule has 0 aliphatic heterocycles. The third-order valence-electron chi connectivity index (χ3n) is 2.29. The summed E-state index contributed by atoms with van der Waals surface area (Å²) in [6.07, 6.45) is 0.123. The Kier molecular flexibility index (Phi) is 3.78. The van der Waals surface area contributed by atoms with E-state index in [-0.39, 0.29) is 17.7 Å². The Bertz CT molecular complexity index is 517. The molecule has 0 aliphatic carbocycles. The minimum atomic E-state index is -1.04. The molecule has 0 amide bonds. The molecule has 0 saturated heterocycles. The molecule has 6 heteroatoms. The Morgan fingerprint density at radius 1 is 1.59 bits per heavy atom. The highest BCUT2D eigenvalue weighted by Gasteiger charge is 2.20.